The number of benzene rings is 1. The first-order valence-corrected chi connectivity index (χ1v) is 5.72. The van der Waals surface area contributed by atoms with Gasteiger partial charge in [0.1, 0.15) is 0 Å². The van der Waals surface area contributed by atoms with Crippen LogP contribution in [0.1, 0.15) is 34.1 Å². The first-order chi connectivity index (χ1) is 8.60. The minimum Gasteiger partial charge on any atom is -0.478 e. The van der Waals surface area contributed by atoms with E-state index in [4.69, 9.17) is 9.84 Å². The van der Waals surface area contributed by atoms with Crippen LogP contribution in [0.25, 0.3) is 0 Å². The number of hydrogen-bond acceptors (Lipinski definition) is 3. The minimum absolute atomic E-state index is 0.00210. The van der Waals surface area contributed by atoms with Crippen LogP contribution in [0.2, 0.25) is 0 Å². The van der Waals surface area contributed by atoms with Crippen LogP contribution in [-0.2, 0) is 4.74 Å². The maximum Gasteiger partial charge on any atom is 0.336 e. The highest BCUT2D eigenvalue weighted by atomic mass is 16.5. The van der Waals surface area contributed by atoms with E-state index in [-0.39, 0.29) is 17.2 Å². The molecule has 0 aliphatic heterocycles. The van der Waals surface area contributed by atoms with Gasteiger partial charge >= 0.3 is 5.97 Å². The average molecular weight is 251 g/mol. The third kappa shape index (κ3) is 3.56. The molecule has 0 saturated carbocycles. The first-order valence-electron chi connectivity index (χ1n) is 5.72. The summed E-state index contributed by atoms with van der Waals surface area (Å²) in [7, 11) is 1.56. The lowest BCUT2D eigenvalue weighted by Crippen LogP contribution is -2.38. The zero-order chi connectivity index (χ0) is 13.5. The predicted octanol–water partition coefficient (Wildman–Crippen LogP) is 1.54. The van der Waals surface area contributed by atoms with E-state index in [9.17, 15) is 9.59 Å². The van der Waals surface area contributed by atoms with Crippen molar-refractivity contribution in [2.24, 2.45) is 0 Å². The highest BCUT2D eigenvalue weighted by Crippen LogP contribution is 2.09. The molecule has 0 aliphatic rings. The van der Waals surface area contributed by atoms with E-state index in [1.165, 1.54) is 12.1 Å². The van der Waals surface area contributed by atoms with Crippen molar-refractivity contribution in [3.05, 3.63) is 35.4 Å². The van der Waals surface area contributed by atoms with E-state index in [1.807, 2.05) is 6.92 Å². The van der Waals surface area contributed by atoms with Crippen molar-refractivity contribution in [2.75, 3.05) is 13.7 Å². The van der Waals surface area contributed by atoms with Gasteiger partial charge in [0.2, 0.25) is 0 Å². The smallest absolute Gasteiger partial charge is 0.336 e. The second kappa shape index (κ2) is 6.76. The highest BCUT2D eigenvalue weighted by molar-refractivity contribution is 6.04. The standard InChI is InChI=1S/C13H17NO4/c1-3-9(8-18-2)14-12(15)10-6-4-5-7-11(10)13(16)17/h4-7,9H,3,8H2,1-2H3,(H,14,15)(H,16,17). The van der Waals surface area contributed by atoms with Crippen molar-refractivity contribution in [3.63, 3.8) is 0 Å². The zero-order valence-electron chi connectivity index (χ0n) is 10.5. The van der Waals surface area contributed by atoms with Gasteiger partial charge in [-0.2, -0.15) is 0 Å². The van der Waals surface area contributed by atoms with Crippen LogP contribution in [0.4, 0.5) is 0 Å². The molecule has 98 valence electrons. The van der Waals surface area contributed by atoms with Crippen LogP contribution in [0, 0.1) is 0 Å². The van der Waals surface area contributed by atoms with Crippen LogP contribution in [0.3, 0.4) is 0 Å². The van der Waals surface area contributed by atoms with Crippen LogP contribution >= 0.6 is 0 Å². The molecule has 1 amide bonds. The van der Waals surface area contributed by atoms with Gasteiger partial charge in [0.15, 0.2) is 0 Å². The first kappa shape index (κ1) is 14.2. The van der Waals surface area contributed by atoms with Crippen molar-refractivity contribution >= 4 is 11.9 Å². The van der Waals surface area contributed by atoms with Crippen LogP contribution in [0.15, 0.2) is 24.3 Å². The van der Waals surface area contributed by atoms with Crippen molar-refractivity contribution in [1.29, 1.82) is 0 Å². The number of amides is 1. The lowest BCUT2D eigenvalue weighted by Gasteiger charge is -2.16. The number of rotatable bonds is 6. The zero-order valence-corrected chi connectivity index (χ0v) is 10.5. The Hall–Kier alpha value is -1.88. The van der Waals surface area contributed by atoms with Crippen molar-refractivity contribution in [2.45, 2.75) is 19.4 Å². The molecule has 1 unspecified atom stereocenters. The molecule has 0 aromatic heterocycles. The molecule has 0 saturated heterocycles. The van der Waals surface area contributed by atoms with Crippen molar-refractivity contribution in [1.82, 2.24) is 5.32 Å². The fraction of sp³-hybridized carbons (Fsp3) is 0.385. The summed E-state index contributed by atoms with van der Waals surface area (Å²) in [6, 6.07) is 6.02. The molecule has 0 aliphatic carbocycles. The summed E-state index contributed by atoms with van der Waals surface area (Å²) in [5, 5.41) is 11.8. The topological polar surface area (TPSA) is 75.6 Å². The number of carboxylic acids is 1. The molecule has 0 heterocycles. The molecular weight excluding hydrogens is 234 g/mol. The van der Waals surface area contributed by atoms with Gasteiger partial charge in [-0.05, 0) is 18.6 Å². The SMILES string of the molecule is CCC(COC)NC(=O)c1ccccc1C(=O)O. The van der Waals surface area contributed by atoms with Crippen molar-refractivity contribution < 1.29 is 19.4 Å². The Bertz CT molecular complexity index is 431. The van der Waals surface area contributed by atoms with Gasteiger partial charge in [-0.1, -0.05) is 19.1 Å². The van der Waals surface area contributed by atoms with Crippen molar-refractivity contribution in [3.8, 4) is 0 Å². The Morgan fingerprint density at radius 1 is 1.33 bits per heavy atom. The third-order valence-corrected chi connectivity index (χ3v) is 2.60. The summed E-state index contributed by atoms with van der Waals surface area (Å²) < 4.78 is 4.98. The number of hydrogen-bond donors (Lipinski definition) is 2. The van der Waals surface area contributed by atoms with Gasteiger partial charge < -0.3 is 15.2 Å². The Labute approximate surface area is 106 Å². The Morgan fingerprint density at radius 2 is 1.94 bits per heavy atom. The van der Waals surface area contributed by atoms with Gasteiger partial charge in [-0.15, -0.1) is 0 Å². The molecule has 0 bridgehead atoms. The number of aromatic carboxylic acids is 1. The highest BCUT2D eigenvalue weighted by Gasteiger charge is 2.18. The molecule has 0 fully saturated rings. The Morgan fingerprint density at radius 3 is 2.44 bits per heavy atom. The summed E-state index contributed by atoms with van der Waals surface area (Å²) >= 11 is 0. The van der Waals surface area contributed by atoms with Crippen LogP contribution in [-0.4, -0.2) is 36.7 Å². The number of ether oxygens (including phenoxy) is 1. The maximum atomic E-state index is 12.0. The second-order valence-corrected chi connectivity index (χ2v) is 3.88. The number of carboxylic acid groups (broad SMARTS) is 1. The molecule has 1 rings (SSSR count). The molecule has 1 aromatic carbocycles. The van der Waals surface area contributed by atoms with Gasteiger partial charge in [0, 0.05) is 7.11 Å². The van der Waals surface area contributed by atoms with Gasteiger partial charge in [0.25, 0.3) is 5.91 Å². The fourth-order valence-corrected chi connectivity index (χ4v) is 1.59. The molecule has 1 atom stereocenters. The molecule has 18 heavy (non-hydrogen) atoms. The third-order valence-electron chi connectivity index (χ3n) is 2.60. The molecule has 5 nitrogen and oxygen atoms in total. The van der Waals surface area contributed by atoms with E-state index < -0.39 is 11.9 Å². The Kier molecular flexibility index (Phi) is 5.32. The summed E-state index contributed by atoms with van der Waals surface area (Å²) in [4.78, 5) is 23.0. The minimum atomic E-state index is -1.11. The molecular formula is C13H17NO4. The van der Waals surface area contributed by atoms with Gasteiger partial charge in [0.05, 0.1) is 23.8 Å². The van der Waals surface area contributed by atoms with Gasteiger partial charge in [-0.25, -0.2) is 4.79 Å². The quantitative estimate of drug-likeness (QED) is 0.804. The normalized spacial score (nSPS) is 11.9. The molecule has 5 heteroatoms. The Balaban J connectivity index is 2.87. The van der Waals surface area contributed by atoms with E-state index in [0.29, 0.717) is 6.61 Å². The van der Waals surface area contributed by atoms with Crippen LogP contribution in [0.5, 0.6) is 0 Å². The fourth-order valence-electron chi connectivity index (χ4n) is 1.59. The monoisotopic (exact) mass is 251 g/mol. The van der Waals surface area contributed by atoms with E-state index >= 15 is 0 Å². The predicted molar refractivity (Wildman–Crippen MR) is 66.8 cm³/mol. The summed E-state index contributed by atoms with van der Waals surface area (Å²) in [6.07, 6.45) is 0.717. The second-order valence-electron chi connectivity index (χ2n) is 3.88. The maximum absolute atomic E-state index is 12.0. The van der Waals surface area contributed by atoms with E-state index in [1.54, 1.807) is 19.2 Å². The average Bonchev–Trinajstić information content (AvgIpc) is 2.38. The summed E-state index contributed by atoms with van der Waals surface area (Å²) in [5.41, 5.74) is 0.168. The number of carbonyl (C=O) groups is 2. The largest absolute Gasteiger partial charge is 0.478 e. The van der Waals surface area contributed by atoms with E-state index in [0.717, 1.165) is 6.42 Å². The summed E-state index contributed by atoms with van der Waals surface area (Å²) in [6.45, 7) is 2.32. The number of methoxy groups -OCH3 is 1. The molecule has 0 spiro atoms. The lowest BCUT2D eigenvalue weighted by molar-refractivity contribution is 0.0689. The molecule has 2 N–H and O–H groups in total. The summed E-state index contributed by atoms with van der Waals surface area (Å²) in [5.74, 6) is -1.50. The molecule has 0 radical (unpaired) electrons. The number of nitrogens with one attached hydrogen (secondary N) is 1. The molecule has 1 aromatic rings. The number of carbonyl (C=O) groups excluding carboxylic acids is 1. The van der Waals surface area contributed by atoms with E-state index in [2.05, 4.69) is 5.32 Å². The van der Waals surface area contributed by atoms with Gasteiger partial charge in [-0.3, -0.25) is 4.79 Å². The van der Waals surface area contributed by atoms with Crippen LogP contribution < -0.4 is 5.32 Å². The lowest BCUT2D eigenvalue weighted by atomic mass is 10.1.